The molecule has 0 aliphatic carbocycles. The van der Waals surface area contributed by atoms with Crippen LogP contribution in [0.15, 0.2) is 12.1 Å². The molecule has 1 aromatic carbocycles. The fourth-order valence-corrected chi connectivity index (χ4v) is 1.73. The van der Waals surface area contributed by atoms with Crippen molar-refractivity contribution in [2.24, 2.45) is 0 Å². The summed E-state index contributed by atoms with van der Waals surface area (Å²) in [6, 6.07) is 2.58. The zero-order valence-electron chi connectivity index (χ0n) is 8.45. The topological polar surface area (TPSA) is 72.7 Å². The molecule has 0 fully saturated rings. The van der Waals surface area contributed by atoms with Crippen molar-refractivity contribution in [2.75, 3.05) is 13.2 Å². The minimum atomic E-state index is -0.433. The molecule has 0 heterocycles. The lowest BCUT2D eigenvalue weighted by atomic mass is 10.2. The average Bonchev–Trinajstić information content (AvgIpc) is 2.26. The van der Waals surface area contributed by atoms with E-state index < -0.39 is 6.04 Å². The van der Waals surface area contributed by atoms with Crippen LogP contribution in [-0.4, -0.2) is 34.6 Å². The molecule has 1 rings (SSSR count). The van der Waals surface area contributed by atoms with E-state index >= 15 is 0 Å². The molecule has 0 unspecified atom stereocenters. The van der Waals surface area contributed by atoms with Crippen LogP contribution in [0.2, 0.25) is 10.0 Å². The third-order valence-corrected chi connectivity index (χ3v) is 2.64. The van der Waals surface area contributed by atoms with Crippen molar-refractivity contribution in [3.05, 3.63) is 27.7 Å². The molecule has 0 radical (unpaired) electrons. The lowest BCUT2D eigenvalue weighted by Gasteiger charge is -2.14. The van der Waals surface area contributed by atoms with Gasteiger partial charge in [0.2, 0.25) is 0 Å². The molecular formula is C10H13Cl2NO3. The monoisotopic (exact) mass is 265 g/mol. The van der Waals surface area contributed by atoms with Gasteiger partial charge in [-0.25, -0.2) is 0 Å². The SMILES string of the molecule is OCC(CO)NCc1cc(Cl)cc(Cl)c1O. The summed E-state index contributed by atoms with van der Waals surface area (Å²) in [5.74, 6) is -0.0480. The summed E-state index contributed by atoms with van der Waals surface area (Å²) in [7, 11) is 0. The van der Waals surface area contributed by atoms with E-state index in [0.29, 0.717) is 10.6 Å². The maximum atomic E-state index is 9.62. The number of aliphatic hydroxyl groups is 2. The molecule has 90 valence electrons. The van der Waals surface area contributed by atoms with Crippen molar-refractivity contribution >= 4 is 23.2 Å². The Kier molecular flexibility index (Phi) is 5.31. The van der Waals surface area contributed by atoms with Gasteiger partial charge in [-0.05, 0) is 12.1 Å². The van der Waals surface area contributed by atoms with Crippen LogP contribution in [0.4, 0.5) is 0 Å². The second kappa shape index (κ2) is 6.27. The van der Waals surface area contributed by atoms with Crippen LogP contribution in [0.25, 0.3) is 0 Å². The van der Waals surface area contributed by atoms with Crippen molar-refractivity contribution in [1.29, 1.82) is 0 Å². The highest BCUT2D eigenvalue weighted by Crippen LogP contribution is 2.30. The average molecular weight is 266 g/mol. The smallest absolute Gasteiger partial charge is 0.138 e. The molecule has 0 aliphatic rings. The molecule has 0 atom stereocenters. The summed E-state index contributed by atoms with van der Waals surface area (Å²) in [6.07, 6.45) is 0. The quantitative estimate of drug-likeness (QED) is 0.645. The number of halogens is 2. The first kappa shape index (κ1) is 13.5. The largest absolute Gasteiger partial charge is 0.506 e. The first-order valence-electron chi connectivity index (χ1n) is 4.70. The Bertz CT molecular complexity index is 356. The number of benzene rings is 1. The van der Waals surface area contributed by atoms with Crippen LogP contribution in [0, 0.1) is 0 Å². The van der Waals surface area contributed by atoms with E-state index in [9.17, 15) is 5.11 Å². The Hall–Kier alpha value is -0.520. The number of aliphatic hydroxyl groups excluding tert-OH is 2. The lowest BCUT2D eigenvalue weighted by Crippen LogP contribution is -2.35. The number of nitrogens with one attached hydrogen (secondary N) is 1. The van der Waals surface area contributed by atoms with Gasteiger partial charge in [-0.15, -0.1) is 0 Å². The van der Waals surface area contributed by atoms with Crippen molar-refractivity contribution in [2.45, 2.75) is 12.6 Å². The second-order valence-electron chi connectivity index (χ2n) is 3.34. The van der Waals surface area contributed by atoms with Crippen LogP contribution < -0.4 is 5.32 Å². The summed E-state index contributed by atoms with van der Waals surface area (Å²) in [5, 5.41) is 30.8. The Morgan fingerprint density at radius 2 is 1.81 bits per heavy atom. The summed E-state index contributed by atoms with van der Waals surface area (Å²) < 4.78 is 0. The van der Waals surface area contributed by atoms with Gasteiger partial charge in [0.15, 0.2) is 0 Å². The molecule has 16 heavy (non-hydrogen) atoms. The van der Waals surface area contributed by atoms with Crippen molar-refractivity contribution in [3.63, 3.8) is 0 Å². The number of hydrogen-bond donors (Lipinski definition) is 4. The maximum absolute atomic E-state index is 9.62. The van der Waals surface area contributed by atoms with E-state index in [1.807, 2.05) is 0 Å². The normalized spacial score (nSPS) is 11.1. The van der Waals surface area contributed by atoms with Crippen LogP contribution in [0.5, 0.6) is 5.75 Å². The van der Waals surface area contributed by atoms with Crippen molar-refractivity contribution in [3.8, 4) is 5.75 Å². The predicted molar refractivity (Wildman–Crippen MR) is 62.9 cm³/mol. The van der Waals surface area contributed by atoms with Gasteiger partial charge >= 0.3 is 0 Å². The van der Waals surface area contributed by atoms with E-state index in [0.717, 1.165) is 0 Å². The highest BCUT2D eigenvalue weighted by Gasteiger charge is 2.10. The molecular weight excluding hydrogens is 253 g/mol. The first-order chi connectivity index (χ1) is 7.58. The Morgan fingerprint density at radius 3 is 2.38 bits per heavy atom. The number of phenolic OH excluding ortho intramolecular Hbond substituents is 1. The van der Waals surface area contributed by atoms with Crippen LogP contribution >= 0.6 is 23.2 Å². The van der Waals surface area contributed by atoms with Gasteiger partial charge in [-0.3, -0.25) is 0 Å². The zero-order valence-corrected chi connectivity index (χ0v) is 9.96. The van der Waals surface area contributed by atoms with Gasteiger partial charge in [0.1, 0.15) is 5.75 Å². The highest BCUT2D eigenvalue weighted by molar-refractivity contribution is 6.35. The van der Waals surface area contributed by atoms with Gasteiger partial charge in [0.25, 0.3) is 0 Å². The van der Waals surface area contributed by atoms with E-state index in [4.69, 9.17) is 33.4 Å². The maximum Gasteiger partial charge on any atom is 0.138 e. The van der Waals surface area contributed by atoms with Gasteiger partial charge in [-0.1, -0.05) is 23.2 Å². The molecule has 0 amide bonds. The minimum absolute atomic E-state index is 0.0480. The van der Waals surface area contributed by atoms with Gasteiger partial charge in [0.05, 0.1) is 24.3 Å². The van der Waals surface area contributed by atoms with Crippen molar-refractivity contribution in [1.82, 2.24) is 5.32 Å². The number of hydrogen-bond acceptors (Lipinski definition) is 4. The van der Waals surface area contributed by atoms with E-state index in [1.165, 1.54) is 6.07 Å². The number of rotatable bonds is 5. The summed E-state index contributed by atoms with van der Waals surface area (Å²) >= 11 is 11.5. The standard InChI is InChI=1S/C10H13Cl2NO3/c11-7-1-6(10(16)9(12)2-7)3-13-8(4-14)5-15/h1-2,8,13-16H,3-5H2. The summed E-state index contributed by atoms with van der Waals surface area (Å²) in [6.45, 7) is -0.116. The molecule has 0 bridgehead atoms. The first-order valence-corrected chi connectivity index (χ1v) is 5.46. The van der Waals surface area contributed by atoms with Crippen LogP contribution in [-0.2, 0) is 6.54 Å². The molecule has 4 nitrogen and oxygen atoms in total. The fraction of sp³-hybridized carbons (Fsp3) is 0.400. The van der Waals surface area contributed by atoms with E-state index in [2.05, 4.69) is 5.32 Å². The predicted octanol–water partition coefficient (Wildman–Crippen LogP) is 1.14. The molecule has 6 heteroatoms. The van der Waals surface area contributed by atoms with Crippen LogP contribution in [0.3, 0.4) is 0 Å². The fourth-order valence-electron chi connectivity index (χ4n) is 1.20. The summed E-state index contributed by atoms with van der Waals surface area (Å²) in [5.41, 5.74) is 0.518. The molecule has 4 N–H and O–H groups in total. The third-order valence-electron chi connectivity index (χ3n) is 2.13. The van der Waals surface area contributed by atoms with E-state index in [-0.39, 0.29) is 30.5 Å². The molecule has 0 aromatic heterocycles. The Labute approximate surface area is 103 Å². The molecule has 0 saturated carbocycles. The lowest BCUT2D eigenvalue weighted by molar-refractivity contribution is 0.170. The summed E-state index contributed by atoms with van der Waals surface area (Å²) in [4.78, 5) is 0. The second-order valence-corrected chi connectivity index (χ2v) is 4.18. The van der Waals surface area contributed by atoms with Crippen LogP contribution in [0.1, 0.15) is 5.56 Å². The van der Waals surface area contributed by atoms with Gasteiger partial charge < -0.3 is 20.6 Å². The number of aromatic hydroxyl groups is 1. The third kappa shape index (κ3) is 3.50. The molecule has 0 aliphatic heterocycles. The molecule has 1 aromatic rings. The van der Waals surface area contributed by atoms with Crippen molar-refractivity contribution < 1.29 is 15.3 Å². The molecule has 0 spiro atoms. The minimum Gasteiger partial charge on any atom is -0.506 e. The highest BCUT2D eigenvalue weighted by atomic mass is 35.5. The van der Waals surface area contributed by atoms with Gasteiger partial charge in [-0.2, -0.15) is 0 Å². The van der Waals surface area contributed by atoms with Gasteiger partial charge in [0, 0.05) is 17.1 Å². The Balaban J connectivity index is 2.73. The Morgan fingerprint density at radius 1 is 1.19 bits per heavy atom. The van der Waals surface area contributed by atoms with E-state index in [1.54, 1.807) is 6.07 Å². The number of phenols is 1. The molecule has 0 saturated heterocycles. The zero-order chi connectivity index (χ0) is 12.1.